The number of fused-ring (bicyclic) bond motifs is 3. The summed E-state index contributed by atoms with van der Waals surface area (Å²) < 4.78 is 2.84. The van der Waals surface area contributed by atoms with Gasteiger partial charge in [-0.15, -0.1) is 0 Å². The van der Waals surface area contributed by atoms with Crippen LogP contribution < -0.4 is 0 Å². The van der Waals surface area contributed by atoms with E-state index in [0.29, 0.717) is 14.5 Å². The third-order valence-electron chi connectivity index (χ3n) is 2.07. The normalized spacial score (nSPS) is 11.1. The molecule has 0 atom stereocenters. The van der Waals surface area contributed by atoms with Crippen molar-refractivity contribution in [2.45, 2.75) is 0 Å². The van der Waals surface area contributed by atoms with E-state index in [2.05, 4.69) is 22.1 Å². The molecule has 0 saturated heterocycles. The predicted molar refractivity (Wildman–Crippen MR) is 54.0 cm³/mol. The molecule has 0 fully saturated rings. The van der Waals surface area contributed by atoms with E-state index in [0.717, 1.165) is 0 Å². The molecule has 0 aromatic carbocycles. The number of hydrogen-bond donors (Lipinski definition) is 0. The molecule has 0 unspecified atom stereocenters. The van der Waals surface area contributed by atoms with Crippen molar-refractivity contribution < 1.29 is 0 Å². The molecule has 0 aliphatic rings. The SMILES string of the molecule is c1cc2[se]c3ccncc3c2cn1. The van der Waals surface area contributed by atoms with Crippen LogP contribution in [0.1, 0.15) is 0 Å². The van der Waals surface area contributed by atoms with Crippen LogP contribution in [0.5, 0.6) is 0 Å². The van der Waals surface area contributed by atoms with Gasteiger partial charge in [-0.05, 0) is 0 Å². The summed E-state index contributed by atoms with van der Waals surface area (Å²) in [5.74, 6) is 0. The van der Waals surface area contributed by atoms with Crippen LogP contribution in [-0.4, -0.2) is 24.5 Å². The second-order valence-electron chi connectivity index (χ2n) is 2.85. The molecule has 3 aromatic rings. The number of aromatic nitrogens is 2. The summed E-state index contributed by atoms with van der Waals surface area (Å²) in [6, 6.07) is 4.21. The zero-order chi connectivity index (χ0) is 8.67. The van der Waals surface area contributed by atoms with Crippen LogP contribution in [0.25, 0.3) is 19.3 Å². The van der Waals surface area contributed by atoms with Gasteiger partial charge in [-0.2, -0.15) is 0 Å². The predicted octanol–water partition coefficient (Wildman–Crippen LogP) is 1.84. The van der Waals surface area contributed by atoms with Crippen molar-refractivity contribution >= 4 is 33.8 Å². The molecule has 3 aromatic heterocycles. The van der Waals surface area contributed by atoms with Crippen molar-refractivity contribution in [1.82, 2.24) is 9.97 Å². The Morgan fingerprint density at radius 1 is 0.846 bits per heavy atom. The first-order valence-electron chi connectivity index (χ1n) is 4.01. The number of hydrogen-bond acceptors (Lipinski definition) is 2. The van der Waals surface area contributed by atoms with E-state index >= 15 is 0 Å². The molecular formula is C10H6N2Se. The van der Waals surface area contributed by atoms with Gasteiger partial charge in [0.25, 0.3) is 0 Å². The van der Waals surface area contributed by atoms with Crippen LogP contribution >= 0.6 is 0 Å². The molecule has 0 radical (unpaired) electrons. The average Bonchev–Trinajstić information content (AvgIpc) is 2.56. The minimum atomic E-state index is 0.455. The maximum absolute atomic E-state index is 4.14. The van der Waals surface area contributed by atoms with Crippen molar-refractivity contribution in [3.63, 3.8) is 0 Å². The van der Waals surface area contributed by atoms with E-state index in [9.17, 15) is 0 Å². The molecule has 2 nitrogen and oxygen atoms in total. The molecule has 0 aliphatic carbocycles. The van der Waals surface area contributed by atoms with Crippen LogP contribution in [0, 0.1) is 0 Å². The molecular weight excluding hydrogens is 227 g/mol. The summed E-state index contributed by atoms with van der Waals surface area (Å²) in [6.07, 6.45) is 7.59. The van der Waals surface area contributed by atoms with Crippen LogP contribution in [-0.2, 0) is 0 Å². The topological polar surface area (TPSA) is 25.8 Å². The van der Waals surface area contributed by atoms with Gasteiger partial charge in [0.05, 0.1) is 0 Å². The summed E-state index contributed by atoms with van der Waals surface area (Å²) in [7, 11) is 0. The fourth-order valence-corrected chi connectivity index (χ4v) is 3.65. The van der Waals surface area contributed by atoms with Gasteiger partial charge in [-0.1, -0.05) is 0 Å². The summed E-state index contributed by atoms with van der Waals surface area (Å²) in [4.78, 5) is 8.27. The first-order valence-corrected chi connectivity index (χ1v) is 5.73. The minimum absolute atomic E-state index is 0.455. The van der Waals surface area contributed by atoms with Crippen LogP contribution in [0.2, 0.25) is 0 Å². The molecule has 0 N–H and O–H groups in total. The molecule has 0 spiro atoms. The van der Waals surface area contributed by atoms with E-state index < -0.39 is 0 Å². The second kappa shape index (κ2) is 2.66. The Balaban J connectivity index is 2.64. The Labute approximate surface area is 81.0 Å². The summed E-state index contributed by atoms with van der Waals surface area (Å²) >= 11 is 0.455. The molecule has 3 heterocycles. The first-order chi connectivity index (χ1) is 6.45. The van der Waals surface area contributed by atoms with E-state index in [1.807, 2.05) is 24.8 Å². The number of rotatable bonds is 0. The van der Waals surface area contributed by atoms with E-state index in [4.69, 9.17) is 0 Å². The van der Waals surface area contributed by atoms with Gasteiger partial charge in [-0.25, -0.2) is 0 Å². The fraction of sp³-hybridized carbons (Fsp3) is 0. The zero-order valence-electron chi connectivity index (χ0n) is 6.77. The molecule has 3 rings (SSSR count). The van der Waals surface area contributed by atoms with Crippen molar-refractivity contribution in [3.05, 3.63) is 36.9 Å². The van der Waals surface area contributed by atoms with Crippen LogP contribution in [0.3, 0.4) is 0 Å². The van der Waals surface area contributed by atoms with E-state index in [1.165, 1.54) is 19.3 Å². The first kappa shape index (κ1) is 7.24. The maximum atomic E-state index is 4.14. The van der Waals surface area contributed by atoms with Crippen molar-refractivity contribution in [2.75, 3.05) is 0 Å². The summed E-state index contributed by atoms with van der Waals surface area (Å²) in [5, 5.41) is 2.54. The molecule has 0 bridgehead atoms. The third-order valence-corrected chi connectivity index (χ3v) is 4.49. The standard InChI is InChI=1S/C10H6N2Se/c1-3-11-5-7-8-6-12-4-2-10(8)13-9(1)7/h1-6H. The van der Waals surface area contributed by atoms with Crippen LogP contribution in [0.4, 0.5) is 0 Å². The Bertz CT molecular complexity index is 521. The summed E-state index contributed by atoms with van der Waals surface area (Å²) in [5.41, 5.74) is 0. The van der Waals surface area contributed by atoms with Gasteiger partial charge >= 0.3 is 80.7 Å². The average molecular weight is 233 g/mol. The summed E-state index contributed by atoms with van der Waals surface area (Å²) in [6.45, 7) is 0. The quantitative estimate of drug-likeness (QED) is 0.554. The van der Waals surface area contributed by atoms with Gasteiger partial charge in [0, 0.05) is 0 Å². The molecule has 13 heavy (non-hydrogen) atoms. The van der Waals surface area contributed by atoms with Crippen molar-refractivity contribution in [2.24, 2.45) is 0 Å². The van der Waals surface area contributed by atoms with Gasteiger partial charge in [0.2, 0.25) is 0 Å². The van der Waals surface area contributed by atoms with Gasteiger partial charge in [-0.3, -0.25) is 0 Å². The Kier molecular flexibility index (Phi) is 1.48. The zero-order valence-corrected chi connectivity index (χ0v) is 8.48. The van der Waals surface area contributed by atoms with Crippen molar-refractivity contribution in [1.29, 1.82) is 0 Å². The molecule has 62 valence electrons. The Morgan fingerprint density at radius 3 is 1.92 bits per heavy atom. The van der Waals surface area contributed by atoms with Crippen LogP contribution in [0.15, 0.2) is 36.9 Å². The Hall–Kier alpha value is -1.18. The third kappa shape index (κ3) is 1.01. The second-order valence-corrected chi connectivity index (χ2v) is 5.12. The number of nitrogens with zero attached hydrogens (tertiary/aromatic N) is 2. The molecule has 3 heteroatoms. The number of pyridine rings is 2. The molecule has 0 amide bonds. The van der Waals surface area contributed by atoms with E-state index in [-0.39, 0.29) is 0 Å². The van der Waals surface area contributed by atoms with Gasteiger partial charge in [0.1, 0.15) is 0 Å². The molecule has 0 aliphatic heterocycles. The van der Waals surface area contributed by atoms with E-state index in [1.54, 1.807) is 0 Å². The Morgan fingerprint density at radius 2 is 1.38 bits per heavy atom. The van der Waals surface area contributed by atoms with Gasteiger partial charge < -0.3 is 0 Å². The fourth-order valence-electron chi connectivity index (χ4n) is 1.46. The van der Waals surface area contributed by atoms with Gasteiger partial charge in [0.15, 0.2) is 0 Å². The monoisotopic (exact) mass is 234 g/mol. The molecule has 0 saturated carbocycles. The van der Waals surface area contributed by atoms with Crippen molar-refractivity contribution in [3.8, 4) is 0 Å².